The summed E-state index contributed by atoms with van der Waals surface area (Å²) in [6, 6.07) is 11.7. The van der Waals surface area contributed by atoms with Crippen molar-refractivity contribution in [3.63, 3.8) is 0 Å². The van der Waals surface area contributed by atoms with Crippen molar-refractivity contribution in [2.75, 3.05) is 4.72 Å². The first-order valence-corrected chi connectivity index (χ1v) is 7.91. The van der Waals surface area contributed by atoms with Crippen molar-refractivity contribution in [1.82, 2.24) is 0 Å². The van der Waals surface area contributed by atoms with E-state index in [9.17, 15) is 12.8 Å². The van der Waals surface area contributed by atoms with Crippen LogP contribution in [0, 0.1) is 5.82 Å². The largest absolute Gasteiger partial charge is 0.491 e. The van der Waals surface area contributed by atoms with Gasteiger partial charge in [-0.2, -0.15) is 0 Å². The molecule has 0 atom stereocenters. The van der Waals surface area contributed by atoms with Gasteiger partial charge in [-0.05, 0) is 50.2 Å². The first kappa shape index (κ1) is 15.3. The summed E-state index contributed by atoms with van der Waals surface area (Å²) < 4.78 is 45.6. The number of rotatable bonds is 5. The molecule has 0 heterocycles. The number of anilines is 1. The fraction of sp³-hybridized carbons (Fsp3) is 0.200. The quantitative estimate of drug-likeness (QED) is 0.921. The van der Waals surface area contributed by atoms with Crippen molar-refractivity contribution in [3.05, 3.63) is 54.3 Å². The molecule has 0 aliphatic heterocycles. The van der Waals surface area contributed by atoms with E-state index in [0.717, 1.165) is 6.07 Å². The van der Waals surface area contributed by atoms with Gasteiger partial charge in [-0.3, -0.25) is 4.72 Å². The Kier molecular flexibility index (Phi) is 4.47. The van der Waals surface area contributed by atoms with Gasteiger partial charge < -0.3 is 4.74 Å². The lowest BCUT2D eigenvalue weighted by Crippen LogP contribution is -2.14. The first-order valence-electron chi connectivity index (χ1n) is 6.42. The number of hydrogen-bond donors (Lipinski definition) is 1. The summed E-state index contributed by atoms with van der Waals surface area (Å²) in [5.74, 6) is -0.149. The SMILES string of the molecule is CC(C)Oc1ccc(NS(=O)(=O)c2ccccc2F)cc1. The van der Waals surface area contributed by atoms with Crippen molar-refractivity contribution in [2.45, 2.75) is 24.8 Å². The van der Waals surface area contributed by atoms with Gasteiger partial charge in [0.2, 0.25) is 0 Å². The maximum atomic E-state index is 13.6. The average Bonchev–Trinajstić information content (AvgIpc) is 2.40. The molecule has 2 aromatic rings. The highest BCUT2D eigenvalue weighted by Crippen LogP contribution is 2.21. The summed E-state index contributed by atoms with van der Waals surface area (Å²) in [7, 11) is -3.95. The zero-order chi connectivity index (χ0) is 15.5. The predicted molar refractivity (Wildman–Crippen MR) is 79.4 cm³/mol. The zero-order valence-electron chi connectivity index (χ0n) is 11.7. The maximum Gasteiger partial charge on any atom is 0.264 e. The number of benzene rings is 2. The molecule has 0 fully saturated rings. The van der Waals surface area contributed by atoms with Gasteiger partial charge in [-0.25, -0.2) is 12.8 Å². The molecule has 2 rings (SSSR count). The van der Waals surface area contributed by atoms with Gasteiger partial charge in [-0.15, -0.1) is 0 Å². The second-order valence-electron chi connectivity index (χ2n) is 4.73. The second kappa shape index (κ2) is 6.13. The van der Waals surface area contributed by atoms with E-state index >= 15 is 0 Å². The molecular formula is C15H16FNO3S. The van der Waals surface area contributed by atoms with Crippen molar-refractivity contribution in [1.29, 1.82) is 0 Å². The van der Waals surface area contributed by atoms with Gasteiger partial charge in [0.15, 0.2) is 0 Å². The third-order valence-corrected chi connectivity index (χ3v) is 4.02. The van der Waals surface area contributed by atoms with E-state index in [2.05, 4.69) is 4.72 Å². The molecule has 0 aromatic heterocycles. The topological polar surface area (TPSA) is 55.4 Å². The lowest BCUT2D eigenvalue weighted by molar-refractivity contribution is 0.242. The Hall–Kier alpha value is -2.08. The van der Waals surface area contributed by atoms with E-state index in [1.54, 1.807) is 24.3 Å². The molecule has 21 heavy (non-hydrogen) atoms. The summed E-state index contributed by atoms with van der Waals surface area (Å²) in [6.45, 7) is 3.80. The molecule has 0 radical (unpaired) electrons. The zero-order valence-corrected chi connectivity index (χ0v) is 12.5. The molecule has 0 aliphatic carbocycles. The summed E-state index contributed by atoms with van der Waals surface area (Å²) >= 11 is 0. The molecule has 0 aliphatic rings. The molecule has 0 saturated carbocycles. The normalized spacial score (nSPS) is 11.4. The van der Waals surface area contributed by atoms with E-state index in [1.165, 1.54) is 18.2 Å². The number of nitrogens with one attached hydrogen (secondary N) is 1. The number of halogens is 1. The number of sulfonamides is 1. The minimum Gasteiger partial charge on any atom is -0.491 e. The van der Waals surface area contributed by atoms with Crippen LogP contribution < -0.4 is 9.46 Å². The third-order valence-electron chi connectivity index (χ3n) is 2.60. The van der Waals surface area contributed by atoms with Crippen LogP contribution in [0.15, 0.2) is 53.4 Å². The smallest absolute Gasteiger partial charge is 0.264 e. The van der Waals surface area contributed by atoms with Crippen LogP contribution in [0.5, 0.6) is 5.75 Å². The Labute approximate surface area is 123 Å². The molecule has 0 amide bonds. The van der Waals surface area contributed by atoms with Crippen molar-refractivity contribution >= 4 is 15.7 Å². The summed E-state index contributed by atoms with van der Waals surface area (Å²) in [5, 5.41) is 0. The van der Waals surface area contributed by atoms with Gasteiger partial charge in [0.05, 0.1) is 6.10 Å². The lowest BCUT2D eigenvalue weighted by atomic mass is 10.3. The van der Waals surface area contributed by atoms with Crippen LogP contribution in [0.4, 0.5) is 10.1 Å². The predicted octanol–water partition coefficient (Wildman–Crippen LogP) is 3.41. The second-order valence-corrected chi connectivity index (χ2v) is 6.38. The van der Waals surface area contributed by atoms with Crippen LogP contribution in [0.1, 0.15) is 13.8 Å². The van der Waals surface area contributed by atoms with Crippen LogP contribution in [0.3, 0.4) is 0 Å². The lowest BCUT2D eigenvalue weighted by Gasteiger charge is -2.11. The minimum absolute atomic E-state index is 0.0333. The molecule has 0 unspecified atom stereocenters. The molecule has 1 N–H and O–H groups in total. The Morgan fingerprint density at radius 3 is 2.24 bits per heavy atom. The molecule has 0 saturated heterocycles. The van der Waals surface area contributed by atoms with Crippen LogP contribution in [-0.2, 0) is 10.0 Å². The molecule has 2 aromatic carbocycles. The third kappa shape index (κ3) is 3.95. The fourth-order valence-corrected chi connectivity index (χ4v) is 2.89. The molecule has 112 valence electrons. The first-order chi connectivity index (χ1) is 9.88. The Morgan fingerprint density at radius 1 is 1.05 bits per heavy atom. The molecule has 0 bridgehead atoms. The van der Waals surface area contributed by atoms with E-state index in [4.69, 9.17) is 4.74 Å². The van der Waals surface area contributed by atoms with Crippen LogP contribution in [-0.4, -0.2) is 14.5 Å². The van der Waals surface area contributed by atoms with Crippen molar-refractivity contribution in [3.8, 4) is 5.75 Å². The monoisotopic (exact) mass is 309 g/mol. The van der Waals surface area contributed by atoms with Gasteiger partial charge in [0.25, 0.3) is 10.0 Å². The Morgan fingerprint density at radius 2 is 1.67 bits per heavy atom. The summed E-state index contributed by atoms with van der Waals surface area (Å²) in [4.78, 5) is -0.382. The van der Waals surface area contributed by atoms with E-state index in [1.807, 2.05) is 13.8 Å². The Balaban J connectivity index is 2.19. The number of ether oxygens (including phenoxy) is 1. The van der Waals surface area contributed by atoms with Crippen LogP contribution >= 0.6 is 0 Å². The van der Waals surface area contributed by atoms with Gasteiger partial charge in [-0.1, -0.05) is 12.1 Å². The standard InChI is InChI=1S/C15H16FNO3S/c1-11(2)20-13-9-7-12(8-10-13)17-21(18,19)15-6-4-3-5-14(15)16/h3-11,17H,1-2H3. The maximum absolute atomic E-state index is 13.6. The number of hydrogen-bond acceptors (Lipinski definition) is 3. The Bertz CT molecular complexity index is 712. The summed E-state index contributed by atoms with van der Waals surface area (Å²) in [6.07, 6.45) is 0.0333. The highest BCUT2D eigenvalue weighted by atomic mass is 32.2. The van der Waals surface area contributed by atoms with Crippen LogP contribution in [0.2, 0.25) is 0 Å². The van der Waals surface area contributed by atoms with E-state index in [0.29, 0.717) is 11.4 Å². The van der Waals surface area contributed by atoms with E-state index in [-0.39, 0.29) is 11.0 Å². The van der Waals surface area contributed by atoms with Gasteiger partial charge in [0.1, 0.15) is 16.5 Å². The molecular weight excluding hydrogens is 293 g/mol. The molecule has 6 heteroatoms. The van der Waals surface area contributed by atoms with Crippen molar-refractivity contribution < 1.29 is 17.5 Å². The summed E-state index contributed by atoms with van der Waals surface area (Å²) in [5.41, 5.74) is 0.342. The molecule has 4 nitrogen and oxygen atoms in total. The van der Waals surface area contributed by atoms with E-state index < -0.39 is 15.8 Å². The minimum atomic E-state index is -3.95. The highest BCUT2D eigenvalue weighted by Gasteiger charge is 2.18. The molecule has 0 spiro atoms. The fourth-order valence-electron chi connectivity index (χ4n) is 1.75. The highest BCUT2D eigenvalue weighted by molar-refractivity contribution is 7.92. The van der Waals surface area contributed by atoms with Gasteiger partial charge in [0, 0.05) is 5.69 Å². The van der Waals surface area contributed by atoms with Crippen molar-refractivity contribution in [2.24, 2.45) is 0 Å². The average molecular weight is 309 g/mol. The van der Waals surface area contributed by atoms with Gasteiger partial charge >= 0.3 is 0 Å². The van der Waals surface area contributed by atoms with Crippen LogP contribution in [0.25, 0.3) is 0 Å².